The molecule has 1 fully saturated rings. The summed E-state index contributed by atoms with van der Waals surface area (Å²) in [6.45, 7) is 3.16. The zero-order chi connectivity index (χ0) is 10.1. The Morgan fingerprint density at radius 1 is 1.79 bits per heavy atom. The van der Waals surface area contributed by atoms with E-state index in [1.54, 1.807) is 6.20 Å². The van der Waals surface area contributed by atoms with Gasteiger partial charge in [0, 0.05) is 6.54 Å². The van der Waals surface area contributed by atoms with Gasteiger partial charge in [0.2, 0.25) is 0 Å². The number of nitrogens with zero attached hydrogens (tertiary/aromatic N) is 1. The molecule has 1 heterocycles. The van der Waals surface area contributed by atoms with Gasteiger partial charge in [-0.25, -0.2) is 5.10 Å². The third-order valence-corrected chi connectivity index (χ3v) is 3.41. The van der Waals surface area contributed by atoms with E-state index < -0.39 is 0 Å². The fourth-order valence-electron chi connectivity index (χ4n) is 1.43. The Bertz CT molecular complexity index is 390. The minimum Gasteiger partial charge on any atom is -0.382 e. The first-order chi connectivity index (χ1) is 6.68. The fraction of sp³-hybridized carbons (Fsp3) is 0.556. The molecule has 0 aromatic carbocycles. The second kappa shape index (κ2) is 3.73. The molecule has 2 unspecified atom stereocenters. The Morgan fingerprint density at radius 2 is 2.50 bits per heavy atom. The first-order valence-corrected chi connectivity index (χ1v) is 5.45. The highest BCUT2D eigenvalue weighted by Crippen LogP contribution is 2.37. The van der Waals surface area contributed by atoms with Crippen molar-refractivity contribution in [3.63, 3.8) is 0 Å². The molecule has 0 saturated heterocycles. The van der Waals surface area contributed by atoms with E-state index in [1.807, 2.05) is 0 Å². The topological polar surface area (TPSA) is 57.8 Å². The predicted octanol–water partition coefficient (Wildman–Crippen LogP) is 1.60. The molecule has 0 bridgehead atoms. The van der Waals surface area contributed by atoms with Crippen LogP contribution in [0.3, 0.4) is 0 Å². The molecule has 0 radical (unpaired) electrons. The van der Waals surface area contributed by atoms with E-state index >= 15 is 0 Å². The van der Waals surface area contributed by atoms with Gasteiger partial charge in [0.05, 0.1) is 11.9 Å². The summed E-state index contributed by atoms with van der Waals surface area (Å²) in [6.07, 6.45) is 2.90. The number of H-pyrrole nitrogens is 1. The van der Waals surface area contributed by atoms with Crippen LogP contribution in [-0.4, -0.2) is 16.7 Å². The molecule has 0 spiro atoms. The van der Waals surface area contributed by atoms with Gasteiger partial charge in [-0.15, -0.1) is 0 Å². The highest BCUT2D eigenvalue weighted by molar-refractivity contribution is 9.10. The molecule has 1 saturated carbocycles. The van der Waals surface area contributed by atoms with Crippen LogP contribution in [0.2, 0.25) is 0 Å². The standard InChI is InChI=1S/C9H12BrN3O/c1-5-2-6(5)3-11-7-4-12-13-9(14)8(7)10/h4-6H,2-3H2,1H3,(H2,11,13,14). The zero-order valence-corrected chi connectivity index (χ0v) is 9.47. The van der Waals surface area contributed by atoms with Crippen molar-refractivity contribution in [2.24, 2.45) is 11.8 Å². The molecule has 2 rings (SSSR count). The molecule has 14 heavy (non-hydrogen) atoms. The monoisotopic (exact) mass is 257 g/mol. The molecular formula is C9H12BrN3O. The van der Waals surface area contributed by atoms with Crippen LogP contribution in [0.1, 0.15) is 13.3 Å². The second-order valence-electron chi connectivity index (χ2n) is 3.78. The smallest absolute Gasteiger partial charge is 0.280 e. The average molecular weight is 258 g/mol. The van der Waals surface area contributed by atoms with Crippen molar-refractivity contribution in [2.75, 3.05) is 11.9 Å². The number of hydrogen-bond donors (Lipinski definition) is 2. The highest BCUT2D eigenvalue weighted by atomic mass is 79.9. The average Bonchev–Trinajstić information content (AvgIpc) is 2.85. The number of rotatable bonds is 3. The van der Waals surface area contributed by atoms with Gasteiger partial charge < -0.3 is 5.32 Å². The molecule has 1 aliphatic rings. The van der Waals surface area contributed by atoms with Crippen molar-refractivity contribution >= 4 is 21.6 Å². The van der Waals surface area contributed by atoms with Crippen molar-refractivity contribution in [2.45, 2.75) is 13.3 Å². The number of hydrogen-bond acceptors (Lipinski definition) is 3. The number of halogens is 1. The maximum atomic E-state index is 11.2. The van der Waals surface area contributed by atoms with Crippen molar-refractivity contribution < 1.29 is 0 Å². The maximum Gasteiger partial charge on any atom is 0.280 e. The zero-order valence-electron chi connectivity index (χ0n) is 7.88. The summed E-state index contributed by atoms with van der Waals surface area (Å²) in [4.78, 5) is 11.2. The van der Waals surface area contributed by atoms with Crippen LogP contribution in [0, 0.1) is 11.8 Å². The molecular weight excluding hydrogens is 246 g/mol. The molecule has 1 aromatic rings. The Hall–Kier alpha value is -0.840. The molecule has 1 aromatic heterocycles. The Balaban J connectivity index is 2.02. The molecule has 0 aliphatic heterocycles. The minimum atomic E-state index is -0.196. The Morgan fingerprint density at radius 3 is 3.14 bits per heavy atom. The molecule has 0 amide bonds. The SMILES string of the molecule is CC1CC1CNc1cn[nH]c(=O)c1Br. The number of anilines is 1. The summed E-state index contributed by atoms with van der Waals surface area (Å²) in [5.74, 6) is 1.57. The summed E-state index contributed by atoms with van der Waals surface area (Å²) in [6, 6.07) is 0. The fourth-order valence-corrected chi connectivity index (χ4v) is 1.76. The molecule has 5 heteroatoms. The van der Waals surface area contributed by atoms with Gasteiger partial charge in [-0.2, -0.15) is 5.10 Å². The lowest BCUT2D eigenvalue weighted by atomic mass is 10.3. The Labute approximate surface area is 90.2 Å². The van der Waals surface area contributed by atoms with Crippen molar-refractivity contribution in [3.05, 3.63) is 21.0 Å². The van der Waals surface area contributed by atoms with Crippen LogP contribution in [0.25, 0.3) is 0 Å². The molecule has 1 aliphatic carbocycles. The number of aromatic nitrogens is 2. The van der Waals surface area contributed by atoms with Gasteiger partial charge in [0.1, 0.15) is 4.47 Å². The van der Waals surface area contributed by atoms with Gasteiger partial charge in [0.15, 0.2) is 0 Å². The second-order valence-corrected chi connectivity index (χ2v) is 4.57. The van der Waals surface area contributed by atoms with Crippen LogP contribution >= 0.6 is 15.9 Å². The van der Waals surface area contributed by atoms with E-state index in [2.05, 4.69) is 38.4 Å². The first kappa shape index (κ1) is 9.71. The third-order valence-electron chi connectivity index (χ3n) is 2.63. The van der Waals surface area contributed by atoms with Crippen LogP contribution in [0.5, 0.6) is 0 Å². The summed E-state index contributed by atoms with van der Waals surface area (Å²) in [5, 5.41) is 9.31. The summed E-state index contributed by atoms with van der Waals surface area (Å²) in [7, 11) is 0. The number of nitrogens with one attached hydrogen (secondary N) is 2. The lowest BCUT2D eigenvalue weighted by molar-refractivity contribution is 0.785. The minimum absolute atomic E-state index is 0.196. The number of aromatic amines is 1. The van der Waals surface area contributed by atoms with Crippen molar-refractivity contribution in [1.29, 1.82) is 0 Å². The van der Waals surface area contributed by atoms with Crippen molar-refractivity contribution in [3.8, 4) is 0 Å². The maximum absolute atomic E-state index is 11.2. The lowest BCUT2D eigenvalue weighted by Gasteiger charge is -2.05. The van der Waals surface area contributed by atoms with Gasteiger partial charge in [-0.3, -0.25) is 4.79 Å². The van der Waals surface area contributed by atoms with E-state index in [0.29, 0.717) is 4.47 Å². The predicted molar refractivity (Wildman–Crippen MR) is 58.3 cm³/mol. The van der Waals surface area contributed by atoms with Crippen LogP contribution in [0.15, 0.2) is 15.5 Å². The normalized spacial score (nSPS) is 24.7. The van der Waals surface area contributed by atoms with Crippen LogP contribution in [-0.2, 0) is 0 Å². The van der Waals surface area contributed by atoms with Gasteiger partial charge >= 0.3 is 0 Å². The molecule has 76 valence electrons. The Kier molecular flexibility index (Phi) is 2.58. The van der Waals surface area contributed by atoms with Gasteiger partial charge in [0.25, 0.3) is 5.56 Å². The van der Waals surface area contributed by atoms with E-state index in [0.717, 1.165) is 24.1 Å². The van der Waals surface area contributed by atoms with Crippen LogP contribution < -0.4 is 10.9 Å². The molecule has 2 atom stereocenters. The van der Waals surface area contributed by atoms with Crippen molar-refractivity contribution in [1.82, 2.24) is 10.2 Å². The highest BCUT2D eigenvalue weighted by Gasteiger charge is 2.31. The lowest BCUT2D eigenvalue weighted by Crippen LogP contribution is -2.13. The summed E-state index contributed by atoms with van der Waals surface area (Å²) in [5.41, 5.74) is 0.576. The van der Waals surface area contributed by atoms with Gasteiger partial charge in [-0.1, -0.05) is 6.92 Å². The van der Waals surface area contributed by atoms with E-state index in [1.165, 1.54) is 6.42 Å². The summed E-state index contributed by atoms with van der Waals surface area (Å²) < 4.78 is 0.529. The van der Waals surface area contributed by atoms with Gasteiger partial charge in [-0.05, 0) is 34.2 Å². The van der Waals surface area contributed by atoms with E-state index in [-0.39, 0.29) is 5.56 Å². The largest absolute Gasteiger partial charge is 0.382 e. The van der Waals surface area contributed by atoms with E-state index in [4.69, 9.17) is 0 Å². The quantitative estimate of drug-likeness (QED) is 0.865. The van der Waals surface area contributed by atoms with Crippen LogP contribution in [0.4, 0.5) is 5.69 Å². The summed E-state index contributed by atoms with van der Waals surface area (Å²) >= 11 is 3.22. The first-order valence-electron chi connectivity index (χ1n) is 4.65. The molecule has 2 N–H and O–H groups in total. The third kappa shape index (κ3) is 1.97. The van der Waals surface area contributed by atoms with E-state index in [9.17, 15) is 4.79 Å². The molecule has 4 nitrogen and oxygen atoms in total.